The molecule has 0 atom stereocenters. The molecule has 0 radical (unpaired) electrons. The first-order chi connectivity index (χ1) is 10.3. The van der Waals surface area contributed by atoms with Crippen molar-refractivity contribution in [2.45, 2.75) is 11.8 Å². The number of aromatic nitrogens is 1. The zero-order chi connectivity index (χ0) is 16.3. The summed E-state index contributed by atoms with van der Waals surface area (Å²) in [6.45, 7) is 1.98. The maximum atomic E-state index is 13.7. The van der Waals surface area contributed by atoms with Crippen LogP contribution in [0.3, 0.4) is 0 Å². The molecule has 118 valence electrons. The molecular weight excluding hydrogens is 382 g/mol. The summed E-state index contributed by atoms with van der Waals surface area (Å²) >= 11 is 3.16. The van der Waals surface area contributed by atoms with Gasteiger partial charge in [-0.15, -0.1) is 0 Å². The summed E-state index contributed by atoms with van der Waals surface area (Å²) in [4.78, 5) is 3.26. The molecule has 5 nitrogen and oxygen atoms in total. The van der Waals surface area contributed by atoms with Crippen molar-refractivity contribution in [3.8, 4) is 5.88 Å². The van der Waals surface area contributed by atoms with E-state index in [0.29, 0.717) is 10.5 Å². The number of halogens is 3. The highest BCUT2D eigenvalue weighted by molar-refractivity contribution is 9.10. The first kappa shape index (κ1) is 16.6. The van der Waals surface area contributed by atoms with E-state index in [1.54, 1.807) is 6.92 Å². The number of pyridine rings is 1. The molecular formula is C13H11BrF2N2O3S. The van der Waals surface area contributed by atoms with Crippen molar-refractivity contribution in [3.05, 3.63) is 46.6 Å². The number of hydrogen-bond donors (Lipinski definition) is 1. The van der Waals surface area contributed by atoms with Crippen molar-refractivity contribution in [1.82, 2.24) is 4.98 Å². The molecule has 1 aromatic carbocycles. The minimum Gasteiger partial charge on any atom is -0.476 e. The number of rotatable bonds is 5. The van der Waals surface area contributed by atoms with E-state index < -0.39 is 26.6 Å². The first-order valence-corrected chi connectivity index (χ1v) is 8.37. The fraction of sp³-hybridized carbons (Fsp3) is 0.154. The van der Waals surface area contributed by atoms with E-state index in [2.05, 4.69) is 25.6 Å². The number of hydrogen-bond acceptors (Lipinski definition) is 4. The zero-order valence-corrected chi connectivity index (χ0v) is 13.7. The lowest BCUT2D eigenvalue weighted by atomic mass is 10.3. The van der Waals surface area contributed by atoms with Crippen LogP contribution in [0.4, 0.5) is 14.5 Å². The van der Waals surface area contributed by atoms with E-state index in [0.717, 1.165) is 12.1 Å². The molecule has 0 spiro atoms. The van der Waals surface area contributed by atoms with Gasteiger partial charge in [0, 0.05) is 16.7 Å². The van der Waals surface area contributed by atoms with Crippen LogP contribution in [0.25, 0.3) is 0 Å². The van der Waals surface area contributed by atoms with Crippen LogP contribution in [0.2, 0.25) is 0 Å². The van der Waals surface area contributed by atoms with Gasteiger partial charge in [0.15, 0.2) is 0 Å². The zero-order valence-electron chi connectivity index (χ0n) is 11.3. The van der Waals surface area contributed by atoms with Crippen molar-refractivity contribution in [2.24, 2.45) is 0 Å². The number of ether oxygens (including phenoxy) is 1. The molecule has 1 N–H and O–H groups in total. The van der Waals surface area contributed by atoms with Gasteiger partial charge in [-0.05, 0) is 41.1 Å². The quantitative estimate of drug-likeness (QED) is 0.847. The number of nitrogens with zero attached hydrogens (tertiary/aromatic N) is 1. The van der Waals surface area contributed by atoms with Gasteiger partial charge in [-0.25, -0.2) is 22.2 Å². The van der Waals surface area contributed by atoms with Crippen LogP contribution in [-0.4, -0.2) is 20.0 Å². The summed E-state index contributed by atoms with van der Waals surface area (Å²) in [5.74, 6) is -2.00. The second kappa shape index (κ2) is 6.57. The van der Waals surface area contributed by atoms with Gasteiger partial charge in [0.2, 0.25) is 5.88 Å². The molecule has 0 amide bonds. The number of benzene rings is 1. The van der Waals surface area contributed by atoms with Gasteiger partial charge in [0.05, 0.1) is 6.61 Å². The number of sulfonamides is 1. The third-order valence-electron chi connectivity index (χ3n) is 2.53. The molecule has 2 aromatic rings. The molecule has 0 saturated carbocycles. The largest absolute Gasteiger partial charge is 0.476 e. The summed E-state index contributed by atoms with van der Waals surface area (Å²) in [5, 5.41) is 0. The molecule has 1 aromatic heterocycles. The summed E-state index contributed by atoms with van der Waals surface area (Å²) < 4.78 is 58.9. The molecule has 1 heterocycles. The smallest absolute Gasteiger partial charge is 0.264 e. The Hall–Kier alpha value is -1.74. The fourth-order valence-electron chi connectivity index (χ4n) is 1.64. The highest BCUT2D eigenvalue weighted by atomic mass is 79.9. The molecule has 0 unspecified atom stereocenters. The Morgan fingerprint density at radius 2 is 2.05 bits per heavy atom. The first-order valence-electron chi connectivity index (χ1n) is 6.09. The molecule has 0 saturated heterocycles. The third kappa shape index (κ3) is 3.72. The van der Waals surface area contributed by atoms with Gasteiger partial charge in [-0.3, -0.25) is 4.72 Å². The molecule has 9 heteroatoms. The molecule has 0 aliphatic heterocycles. The topological polar surface area (TPSA) is 68.3 Å². The number of anilines is 1. The van der Waals surface area contributed by atoms with Gasteiger partial charge in [-0.1, -0.05) is 0 Å². The Bertz CT molecular complexity index is 800. The van der Waals surface area contributed by atoms with E-state index >= 15 is 0 Å². The minimum atomic E-state index is -4.25. The average molecular weight is 393 g/mol. The molecule has 0 fully saturated rings. The highest BCUT2D eigenvalue weighted by Crippen LogP contribution is 2.28. The van der Waals surface area contributed by atoms with Crippen LogP contribution >= 0.6 is 15.9 Å². The second-order valence-electron chi connectivity index (χ2n) is 4.12. The van der Waals surface area contributed by atoms with Crippen molar-refractivity contribution < 1.29 is 21.9 Å². The molecule has 22 heavy (non-hydrogen) atoms. The van der Waals surface area contributed by atoms with Crippen molar-refractivity contribution in [1.29, 1.82) is 0 Å². The van der Waals surface area contributed by atoms with Crippen molar-refractivity contribution in [2.75, 3.05) is 11.3 Å². The summed E-state index contributed by atoms with van der Waals surface area (Å²) in [7, 11) is -4.25. The lowest BCUT2D eigenvalue weighted by molar-refractivity contribution is 0.328. The normalized spacial score (nSPS) is 11.3. The van der Waals surface area contributed by atoms with Crippen LogP contribution in [0, 0.1) is 11.6 Å². The Balaban J connectivity index is 2.42. The average Bonchev–Trinajstić information content (AvgIpc) is 2.41. The van der Waals surface area contributed by atoms with Crippen LogP contribution in [-0.2, 0) is 10.0 Å². The lowest BCUT2D eigenvalue weighted by Crippen LogP contribution is -2.16. The van der Waals surface area contributed by atoms with Crippen LogP contribution in [0.1, 0.15) is 6.92 Å². The number of nitrogens with one attached hydrogen (secondary N) is 1. The van der Waals surface area contributed by atoms with E-state index in [9.17, 15) is 17.2 Å². The maximum Gasteiger partial charge on any atom is 0.264 e. The Morgan fingerprint density at radius 1 is 1.32 bits per heavy atom. The van der Waals surface area contributed by atoms with E-state index in [1.165, 1.54) is 12.3 Å². The van der Waals surface area contributed by atoms with Crippen LogP contribution in [0.15, 0.2) is 39.8 Å². The summed E-state index contributed by atoms with van der Waals surface area (Å²) in [6, 6.07) is 3.63. The van der Waals surface area contributed by atoms with Crippen LogP contribution in [0.5, 0.6) is 5.88 Å². The standard InChI is InChI=1S/C13H11BrF2N2O3S/c1-2-21-13-11(5-8(14)7-17-13)18-22(19,20)12-4-3-9(15)6-10(12)16/h3-7,18H,2H2,1H3. The SMILES string of the molecule is CCOc1ncc(Br)cc1NS(=O)(=O)c1ccc(F)cc1F. The third-order valence-corrected chi connectivity index (χ3v) is 4.36. The minimum absolute atomic E-state index is 0.0416. The van der Waals surface area contributed by atoms with Gasteiger partial charge >= 0.3 is 0 Å². The predicted octanol–water partition coefficient (Wildman–Crippen LogP) is 3.32. The fourth-order valence-corrected chi connectivity index (χ4v) is 3.08. The van der Waals surface area contributed by atoms with E-state index in [-0.39, 0.29) is 18.2 Å². The molecule has 0 aliphatic rings. The van der Waals surface area contributed by atoms with E-state index in [4.69, 9.17) is 4.74 Å². The highest BCUT2D eigenvalue weighted by Gasteiger charge is 2.22. The Morgan fingerprint density at radius 3 is 2.68 bits per heavy atom. The predicted molar refractivity (Wildman–Crippen MR) is 80.3 cm³/mol. The van der Waals surface area contributed by atoms with Crippen LogP contribution < -0.4 is 9.46 Å². The summed E-state index contributed by atoms with van der Waals surface area (Å²) in [6.07, 6.45) is 1.43. The molecule has 0 aliphatic carbocycles. The molecule has 0 bridgehead atoms. The van der Waals surface area contributed by atoms with Crippen molar-refractivity contribution in [3.63, 3.8) is 0 Å². The monoisotopic (exact) mass is 392 g/mol. The summed E-state index contributed by atoms with van der Waals surface area (Å²) in [5.41, 5.74) is 0.0416. The van der Waals surface area contributed by atoms with Gasteiger partial charge in [-0.2, -0.15) is 0 Å². The molecule has 2 rings (SSSR count). The second-order valence-corrected chi connectivity index (χ2v) is 6.69. The maximum absolute atomic E-state index is 13.7. The van der Waals surface area contributed by atoms with Gasteiger partial charge < -0.3 is 4.74 Å². The van der Waals surface area contributed by atoms with E-state index in [1.807, 2.05) is 0 Å². The van der Waals surface area contributed by atoms with Gasteiger partial charge in [0.1, 0.15) is 22.2 Å². The Kier molecular flexibility index (Phi) is 4.97. The lowest BCUT2D eigenvalue weighted by Gasteiger charge is -2.12. The Labute approximate surface area is 134 Å². The van der Waals surface area contributed by atoms with Crippen molar-refractivity contribution >= 4 is 31.6 Å². The van der Waals surface area contributed by atoms with Gasteiger partial charge in [0.25, 0.3) is 10.0 Å².